The molecule has 18 heavy (non-hydrogen) atoms. The van der Waals surface area contributed by atoms with E-state index >= 15 is 0 Å². The van der Waals surface area contributed by atoms with Gasteiger partial charge in [0, 0.05) is 7.05 Å². The number of rotatable bonds is 5. The van der Waals surface area contributed by atoms with Crippen molar-refractivity contribution in [3.63, 3.8) is 0 Å². The van der Waals surface area contributed by atoms with Gasteiger partial charge in [-0.25, -0.2) is 9.48 Å². The Hall–Kier alpha value is -1.92. The van der Waals surface area contributed by atoms with E-state index in [-0.39, 0.29) is 24.1 Å². The molecule has 7 heteroatoms. The third-order valence-corrected chi connectivity index (χ3v) is 2.30. The fourth-order valence-electron chi connectivity index (χ4n) is 1.22. The van der Waals surface area contributed by atoms with Gasteiger partial charge >= 0.3 is 5.97 Å². The van der Waals surface area contributed by atoms with Crippen LogP contribution >= 0.6 is 0 Å². The molecule has 0 saturated heterocycles. The van der Waals surface area contributed by atoms with Gasteiger partial charge in [-0.05, 0) is 12.8 Å². The number of nitrogens with one attached hydrogen (secondary N) is 1. The monoisotopic (exact) mass is 254 g/mol. The van der Waals surface area contributed by atoms with Gasteiger partial charge in [-0.15, -0.1) is 5.10 Å². The van der Waals surface area contributed by atoms with E-state index in [1.165, 1.54) is 11.7 Å². The van der Waals surface area contributed by atoms with Crippen LogP contribution in [0.2, 0.25) is 0 Å². The van der Waals surface area contributed by atoms with E-state index in [0.29, 0.717) is 12.3 Å². The molecular weight excluding hydrogens is 236 g/mol. The van der Waals surface area contributed by atoms with Crippen molar-refractivity contribution >= 4 is 11.9 Å². The average molecular weight is 254 g/mol. The zero-order valence-electron chi connectivity index (χ0n) is 11.1. The molecule has 0 saturated carbocycles. The first-order valence-corrected chi connectivity index (χ1v) is 5.73. The summed E-state index contributed by atoms with van der Waals surface area (Å²) in [4.78, 5) is 22.9. The maximum absolute atomic E-state index is 11.7. The first kappa shape index (κ1) is 14.1. The highest BCUT2D eigenvalue weighted by atomic mass is 16.5. The Labute approximate surface area is 105 Å². The summed E-state index contributed by atoms with van der Waals surface area (Å²) in [7, 11) is 1.53. The highest BCUT2D eigenvalue weighted by Gasteiger charge is 2.19. The van der Waals surface area contributed by atoms with Crippen LogP contribution in [0.25, 0.3) is 0 Å². The fourth-order valence-corrected chi connectivity index (χ4v) is 1.22. The number of nitrogens with zero attached hydrogens (tertiary/aromatic N) is 3. The lowest BCUT2D eigenvalue weighted by atomic mass is 10.2. The van der Waals surface area contributed by atoms with Crippen molar-refractivity contribution in [2.75, 3.05) is 13.7 Å². The topological polar surface area (TPSA) is 86.1 Å². The molecule has 0 aliphatic carbocycles. The highest BCUT2D eigenvalue weighted by molar-refractivity contribution is 5.88. The molecule has 0 spiro atoms. The molecule has 1 aromatic rings. The second-order valence-electron chi connectivity index (χ2n) is 4.35. The zero-order chi connectivity index (χ0) is 13.7. The van der Waals surface area contributed by atoms with Crippen LogP contribution in [-0.2, 0) is 16.1 Å². The molecule has 100 valence electrons. The Morgan fingerprint density at radius 2 is 2.11 bits per heavy atom. The zero-order valence-corrected chi connectivity index (χ0v) is 11.1. The maximum Gasteiger partial charge on any atom is 0.360 e. The number of ether oxygens (including phenoxy) is 1. The Kier molecular flexibility index (Phi) is 4.82. The van der Waals surface area contributed by atoms with Gasteiger partial charge in [-0.3, -0.25) is 4.79 Å². The number of carbonyl (C=O) groups is 2. The van der Waals surface area contributed by atoms with Crippen molar-refractivity contribution < 1.29 is 14.3 Å². The number of carbonyl (C=O) groups excluding carboxylic acids is 2. The van der Waals surface area contributed by atoms with Crippen LogP contribution in [0.15, 0.2) is 0 Å². The van der Waals surface area contributed by atoms with Gasteiger partial charge in [0.2, 0.25) is 5.91 Å². The van der Waals surface area contributed by atoms with Crippen LogP contribution in [0.4, 0.5) is 0 Å². The summed E-state index contributed by atoms with van der Waals surface area (Å²) in [5.41, 5.74) is 0.673. The predicted octanol–water partition coefficient (Wildman–Crippen LogP) is 0.145. The molecule has 0 unspecified atom stereocenters. The van der Waals surface area contributed by atoms with Crippen molar-refractivity contribution in [3.05, 3.63) is 11.4 Å². The first-order chi connectivity index (χ1) is 8.45. The molecule has 0 fully saturated rings. The van der Waals surface area contributed by atoms with Gasteiger partial charge in [0.1, 0.15) is 6.54 Å². The van der Waals surface area contributed by atoms with E-state index < -0.39 is 5.97 Å². The average Bonchev–Trinajstić information content (AvgIpc) is 2.68. The number of hydrogen-bond donors (Lipinski definition) is 1. The van der Waals surface area contributed by atoms with E-state index in [1.54, 1.807) is 6.92 Å². The third-order valence-electron chi connectivity index (χ3n) is 2.30. The number of esters is 1. The van der Waals surface area contributed by atoms with E-state index in [4.69, 9.17) is 4.74 Å². The molecule has 0 aliphatic heterocycles. The van der Waals surface area contributed by atoms with E-state index in [2.05, 4.69) is 15.6 Å². The molecule has 0 atom stereocenters. The molecular formula is C11H18N4O3. The predicted molar refractivity (Wildman–Crippen MR) is 63.9 cm³/mol. The van der Waals surface area contributed by atoms with Gasteiger partial charge in [0.25, 0.3) is 0 Å². The quantitative estimate of drug-likeness (QED) is 0.756. The molecule has 0 aliphatic rings. The molecule has 0 bridgehead atoms. The van der Waals surface area contributed by atoms with Crippen LogP contribution < -0.4 is 5.32 Å². The smallest absolute Gasteiger partial charge is 0.360 e. The molecule has 0 radical (unpaired) electrons. The van der Waals surface area contributed by atoms with Gasteiger partial charge < -0.3 is 10.1 Å². The third kappa shape index (κ3) is 3.54. The Morgan fingerprint density at radius 3 is 2.67 bits per heavy atom. The lowest BCUT2D eigenvalue weighted by Crippen LogP contribution is -2.24. The normalized spacial score (nSPS) is 10.5. The molecule has 1 heterocycles. The van der Waals surface area contributed by atoms with Crippen molar-refractivity contribution in [2.24, 2.45) is 5.92 Å². The SMILES string of the molecule is CNC(=O)Cn1nnc(C(=O)OCC(C)C)c1C. The lowest BCUT2D eigenvalue weighted by molar-refractivity contribution is -0.121. The van der Waals surface area contributed by atoms with E-state index in [9.17, 15) is 9.59 Å². The van der Waals surface area contributed by atoms with E-state index in [0.717, 1.165) is 0 Å². The number of likely N-dealkylation sites (N-methyl/N-ethyl adjacent to an activating group) is 1. The highest BCUT2D eigenvalue weighted by Crippen LogP contribution is 2.06. The van der Waals surface area contributed by atoms with Crippen LogP contribution in [0.1, 0.15) is 30.0 Å². The second kappa shape index (κ2) is 6.13. The van der Waals surface area contributed by atoms with Gasteiger partial charge in [0.05, 0.1) is 12.3 Å². The fraction of sp³-hybridized carbons (Fsp3) is 0.636. The summed E-state index contributed by atoms with van der Waals surface area (Å²) in [5, 5.41) is 9.97. The van der Waals surface area contributed by atoms with Crippen molar-refractivity contribution in [3.8, 4) is 0 Å². The molecule has 1 N–H and O–H groups in total. The number of amides is 1. The van der Waals surface area contributed by atoms with Gasteiger partial charge in [-0.1, -0.05) is 19.1 Å². The number of hydrogen-bond acceptors (Lipinski definition) is 5. The lowest BCUT2D eigenvalue weighted by Gasteiger charge is -2.06. The van der Waals surface area contributed by atoms with Crippen molar-refractivity contribution in [2.45, 2.75) is 27.3 Å². The Balaban J connectivity index is 2.73. The van der Waals surface area contributed by atoms with Crippen LogP contribution in [0.5, 0.6) is 0 Å². The summed E-state index contributed by atoms with van der Waals surface area (Å²) < 4.78 is 6.43. The molecule has 1 rings (SSSR count). The van der Waals surface area contributed by atoms with Crippen molar-refractivity contribution in [1.82, 2.24) is 20.3 Å². The largest absolute Gasteiger partial charge is 0.461 e. The van der Waals surface area contributed by atoms with Crippen molar-refractivity contribution in [1.29, 1.82) is 0 Å². The van der Waals surface area contributed by atoms with Crippen LogP contribution in [-0.4, -0.2) is 40.5 Å². The summed E-state index contributed by atoms with van der Waals surface area (Å²) in [5.74, 6) is -0.454. The molecule has 1 amide bonds. The maximum atomic E-state index is 11.7. The summed E-state index contributed by atoms with van der Waals surface area (Å²) in [6.07, 6.45) is 0. The minimum absolute atomic E-state index is 0.0345. The molecule has 1 aromatic heterocycles. The van der Waals surface area contributed by atoms with Crippen LogP contribution in [0.3, 0.4) is 0 Å². The minimum atomic E-state index is -0.510. The summed E-state index contributed by atoms with van der Waals surface area (Å²) >= 11 is 0. The van der Waals surface area contributed by atoms with Crippen LogP contribution in [0, 0.1) is 12.8 Å². The Morgan fingerprint density at radius 1 is 1.44 bits per heavy atom. The molecule has 7 nitrogen and oxygen atoms in total. The standard InChI is InChI=1S/C11H18N4O3/c1-7(2)6-18-11(17)10-8(3)15(14-13-10)5-9(16)12-4/h7H,5-6H2,1-4H3,(H,12,16). The minimum Gasteiger partial charge on any atom is -0.461 e. The van der Waals surface area contributed by atoms with E-state index in [1.807, 2.05) is 13.8 Å². The molecule has 0 aromatic carbocycles. The summed E-state index contributed by atoms with van der Waals surface area (Å²) in [6.45, 7) is 5.94. The first-order valence-electron chi connectivity index (χ1n) is 5.73. The summed E-state index contributed by atoms with van der Waals surface area (Å²) in [6, 6.07) is 0. The Bertz CT molecular complexity index is 439. The second-order valence-corrected chi connectivity index (χ2v) is 4.35. The van der Waals surface area contributed by atoms with Gasteiger partial charge in [0.15, 0.2) is 5.69 Å². The van der Waals surface area contributed by atoms with Gasteiger partial charge in [-0.2, -0.15) is 0 Å². The number of aromatic nitrogens is 3.